The lowest BCUT2D eigenvalue weighted by atomic mass is 9.65. The molecule has 2 amide bonds. The molecule has 4 heterocycles. The van der Waals surface area contributed by atoms with Gasteiger partial charge in [-0.2, -0.15) is 0 Å². The van der Waals surface area contributed by atoms with Crippen molar-refractivity contribution in [3.05, 3.63) is 24.3 Å². The molecule has 3 saturated heterocycles. The lowest BCUT2D eigenvalue weighted by Crippen LogP contribution is -2.62. The predicted octanol–water partition coefficient (Wildman–Crippen LogP) is 1.39. The van der Waals surface area contributed by atoms with Crippen LogP contribution in [0.1, 0.15) is 12.8 Å². The summed E-state index contributed by atoms with van der Waals surface area (Å²) in [7, 11) is 1.60. The SMILES string of the molecule is CN1C(=O)C2C3CCC(C2C1=O)N1COc2ccccc2N=C31. The summed E-state index contributed by atoms with van der Waals surface area (Å²) in [5, 5.41) is 0. The summed E-state index contributed by atoms with van der Waals surface area (Å²) >= 11 is 0. The summed E-state index contributed by atoms with van der Waals surface area (Å²) < 4.78 is 5.91. The van der Waals surface area contributed by atoms with E-state index in [1.807, 2.05) is 24.3 Å². The van der Waals surface area contributed by atoms with Crippen molar-refractivity contribution in [2.75, 3.05) is 13.8 Å². The Labute approximate surface area is 133 Å². The number of nitrogens with zero attached hydrogens (tertiary/aromatic N) is 3. The van der Waals surface area contributed by atoms with E-state index in [9.17, 15) is 9.59 Å². The van der Waals surface area contributed by atoms with Crippen molar-refractivity contribution in [3.63, 3.8) is 0 Å². The Kier molecular flexibility index (Phi) is 2.47. The minimum atomic E-state index is -0.244. The zero-order chi connectivity index (χ0) is 15.7. The third-order valence-corrected chi connectivity index (χ3v) is 5.73. The topological polar surface area (TPSA) is 62.2 Å². The molecule has 1 aliphatic carbocycles. The van der Waals surface area contributed by atoms with E-state index in [0.717, 1.165) is 30.1 Å². The number of para-hydroxylation sites is 2. The number of carbonyl (C=O) groups excluding carboxylic acids is 2. The zero-order valence-corrected chi connectivity index (χ0v) is 12.8. The van der Waals surface area contributed by atoms with Gasteiger partial charge in [0.05, 0.1) is 11.8 Å². The highest BCUT2D eigenvalue weighted by Gasteiger charge is 2.62. The van der Waals surface area contributed by atoms with Crippen LogP contribution < -0.4 is 4.74 Å². The van der Waals surface area contributed by atoms with Crippen LogP contribution >= 0.6 is 0 Å². The Hall–Kier alpha value is -2.37. The molecule has 6 heteroatoms. The van der Waals surface area contributed by atoms with E-state index in [-0.39, 0.29) is 35.6 Å². The van der Waals surface area contributed by atoms with Gasteiger partial charge in [-0.3, -0.25) is 14.5 Å². The number of piperidine rings is 2. The molecule has 0 spiro atoms. The van der Waals surface area contributed by atoms with Gasteiger partial charge in [0.2, 0.25) is 11.8 Å². The Bertz CT molecular complexity index is 759. The minimum Gasteiger partial charge on any atom is -0.471 e. The molecule has 1 aromatic carbocycles. The number of hydrogen-bond donors (Lipinski definition) is 0. The molecule has 5 aliphatic rings. The van der Waals surface area contributed by atoms with E-state index < -0.39 is 0 Å². The van der Waals surface area contributed by atoms with Crippen molar-refractivity contribution in [3.8, 4) is 5.75 Å². The summed E-state index contributed by atoms with van der Waals surface area (Å²) in [5.41, 5.74) is 0.805. The lowest BCUT2D eigenvalue weighted by Gasteiger charge is -2.50. The molecule has 6 nitrogen and oxygen atoms in total. The molecule has 1 saturated carbocycles. The highest BCUT2D eigenvalue weighted by atomic mass is 16.5. The van der Waals surface area contributed by atoms with Gasteiger partial charge in [-0.25, -0.2) is 4.99 Å². The summed E-state index contributed by atoms with van der Waals surface area (Å²) in [6, 6.07) is 7.71. The van der Waals surface area contributed by atoms with Crippen molar-refractivity contribution in [1.29, 1.82) is 0 Å². The van der Waals surface area contributed by atoms with Crippen molar-refractivity contribution < 1.29 is 14.3 Å². The average Bonchev–Trinajstić information content (AvgIpc) is 2.76. The second-order valence-corrected chi connectivity index (χ2v) is 6.72. The van der Waals surface area contributed by atoms with Crippen LogP contribution in [0.25, 0.3) is 0 Å². The van der Waals surface area contributed by atoms with Gasteiger partial charge in [0, 0.05) is 19.0 Å². The Balaban J connectivity index is 1.64. The standard InChI is InChI=1S/C17H17N3O3/c1-19-16(21)13-9-6-7-11(14(13)17(19)22)20-8-23-12-5-3-2-4-10(12)18-15(9)20/h2-5,9,11,13-14H,6-8H2,1H3. The zero-order valence-electron chi connectivity index (χ0n) is 12.8. The Morgan fingerprint density at radius 1 is 1.13 bits per heavy atom. The quantitative estimate of drug-likeness (QED) is 0.679. The summed E-state index contributed by atoms with van der Waals surface area (Å²) in [5.74, 6) is 1.12. The molecule has 23 heavy (non-hydrogen) atoms. The average molecular weight is 311 g/mol. The maximum Gasteiger partial charge on any atom is 0.234 e. The van der Waals surface area contributed by atoms with Crippen LogP contribution in [0.2, 0.25) is 0 Å². The van der Waals surface area contributed by atoms with Gasteiger partial charge >= 0.3 is 0 Å². The van der Waals surface area contributed by atoms with Crippen LogP contribution in [-0.4, -0.2) is 47.3 Å². The van der Waals surface area contributed by atoms with Crippen molar-refractivity contribution >= 4 is 23.3 Å². The summed E-state index contributed by atoms with van der Waals surface area (Å²) in [6.07, 6.45) is 1.83. The second-order valence-electron chi connectivity index (χ2n) is 6.72. The first-order chi connectivity index (χ1) is 11.2. The first-order valence-electron chi connectivity index (χ1n) is 8.05. The molecule has 0 N–H and O–H groups in total. The van der Waals surface area contributed by atoms with Crippen LogP contribution in [0, 0.1) is 17.8 Å². The number of hydrogen-bond acceptors (Lipinski definition) is 5. The fraction of sp³-hybridized carbons (Fsp3) is 0.471. The van der Waals surface area contributed by atoms with E-state index in [4.69, 9.17) is 9.73 Å². The van der Waals surface area contributed by atoms with Gasteiger partial charge in [0.1, 0.15) is 17.3 Å². The molecule has 4 fully saturated rings. The third-order valence-electron chi connectivity index (χ3n) is 5.73. The fourth-order valence-electron chi connectivity index (χ4n) is 4.66. The van der Waals surface area contributed by atoms with E-state index in [1.54, 1.807) is 7.05 Å². The fourth-order valence-corrected chi connectivity index (χ4v) is 4.66. The highest BCUT2D eigenvalue weighted by molar-refractivity contribution is 6.09. The number of benzene rings is 1. The number of carbonyl (C=O) groups is 2. The van der Waals surface area contributed by atoms with Gasteiger partial charge in [-0.1, -0.05) is 12.1 Å². The number of rotatable bonds is 0. The third kappa shape index (κ3) is 1.56. The number of likely N-dealkylation sites (tertiary alicyclic amines) is 1. The van der Waals surface area contributed by atoms with Gasteiger partial charge in [0.25, 0.3) is 0 Å². The van der Waals surface area contributed by atoms with Gasteiger partial charge in [-0.15, -0.1) is 0 Å². The predicted molar refractivity (Wildman–Crippen MR) is 82.1 cm³/mol. The van der Waals surface area contributed by atoms with Crippen LogP contribution in [0.5, 0.6) is 5.75 Å². The molecule has 4 unspecified atom stereocenters. The van der Waals surface area contributed by atoms with E-state index in [2.05, 4.69) is 4.90 Å². The van der Waals surface area contributed by atoms with E-state index in [0.29, 0.717) is 6.73 Å². The van der Waals surface area contributed by atoms with Crippen molar-refractivity contribution in [2.45, 2.75) is 18.9 Å². The number of amidine groups is 1. The minimum absolute atomic E-state index is 0.0134. The van der Waals surface area contributed by atoms with Crippen LogP contribution in [0.15, 0.2) is 29.3 Å². The van der Waals surface area contributed by atoms with Crippen LogP contribution in [0.3, 0.4) is 0 Å². The van der Waals surface area contributed by atoms with Gasteiger partial charge in [0.15, 0.2) is 6.73 Å². The first kappa shape index (κ1) is 13.1. The molecule has 4 atom stereocenters. The smallest absolute Gasteiger partial charge is 0.234 e. The molecule has 6 rings (SSSR count). The number of aliphatic imine (C=N–C) groups is 1. The Morgan fingerprint density at radius 2 is 1.91 bits per heavy atom. The van der Waals surface area contributed by atoms with Gasteiger partial charge < -0.3 is 9.64 Å². The largest absolute Gasteiger partial charge is 0.471 e. The number of amides is 2. The van der Waals surface area contributed by atoms with Crippen molar-refractivity contribution in [2.24, 2.45) is 22.7 Å². The maximum atomic E-state index is 12.5. The van der Waals surface area contributed by atoms with E-state index >= 15 is 0 Å². The molecule has 118 valence electrons. The molecule has 1 aromatic rings. The van der Waals surface area contributed by atoms with Crippen LogP contribution in [0.4, 0.5) is 5.69 Å². The number of ether oxygens (including phenoxy) is 1. The lowest BCUT2D eigenvalue weighted by molar-refractivity contribution is -0.138. The summed E-state index contributed by atoms with van der Waals surface area (Å²) in [6.45, 7) is 0.394. The van der Waals surface area contributed by atoms with E-state index in [1.165, 1.54) is 4.90 Å². The molecule has 0 aromatic heterocycles. The molecular weight excluding hydrogens is 294 g/mol. The molecule has 4 aliphatic heterocycles. The first-order valence-corrected chi connectivity index (χ1v) is 8.05. The molecule has 0 radical (unpaired) electrons. The second kappa shape index (κ2) is 4.34. The normalized spacial score (nSPS) is 34.4. The number of imide groups is 1. The molecule has 2 bridgehead atoms. The van der Waals surface area contributed by atoms with Crippen LogP contribution in [-0.2, 0) is 9.59 Å². The molecular formula is C17H17N3O3. The maximum absolute atomic E-state index is 12.5. The van der Waals surface area contributed by atoms with Crippen molar-refractivity contribution in [1.82, 2.24) is 9.80 Å². The highest BCUT2D eigenvalue weighted by Crippen LogP contribution is 2.50. The summed E-state index contributed by atoms with van der Waals surface area (Å²) in [4.78, 5) is 33.3. The number of fused-ring (bicyclic) bond motifs is 2. The monoisotopic (exact) mass is 311 g/mol. The Morgan fingerprint density at radius 3 is 2.78 bits per heavy atom. The van der Waals surface area contributed by atoms with Gasteiger partial charge in [-0.05, 0) is 25.0 Å².